The summed E-state index contributed by atoms with van der Waals surface area (Å²) in [5.74, 6) is 0.668. The van der Waals surface area contributed by atoms with Crippen LogP contribution in [0.2, 0.25) is 0 Å². The molecule has 0 aliphatic rings. The van der Waals surface area contributed by atoms with Crippen molar-refractivity contribution in [3.05, 3.63) is 24.3 Å². The summed E-state index contributed by atoms with van der Waals surface area (Å²) in [6.07, 6.45) is 0.403. The van der Waals surface area contributed by atoms with Crippen LogP contribution in [-0.4, -0.2) is 20.1 Å². The molecule has 15 heavy (non-hydrogen) atoms. The summed E-state index contributed by atoms with van der Waals surface area (Å²) in [6.45, 7) is 1.79. The molecule has 0 spiro atoms. The van der Waals surface area contributed by atoms with E-state index in [0.717, 1.165) is 5.75 Å². The highest BCUT2D eigenvalue weighted by Crippen LogP contribution is 2.19. The molecule has 1 aromatic rings. The molecule has 0 heterocycles. The second kappa shape index (κ2) is 5.36. The van der Waals surface area contributed by atoms with E-state index >= 15 is 0 Å². The Morgan fingerprint density at radius 2 is 1.87 bits per heavy atom. The molecule has 82 valence electrons. The monoisotopic (exact) mass is 209 g/mol. The molecule has 0 N–H and O–H groups in total. The molecule has 1 aromatic carbocycles. The third-order valence-electron chi connectivity index (χ3n) is 2.02. The van der Waals surface area contributed by atoms with Crippen molar-refractivity contribution in [2.45, 2.75) is 13.3 Å². The zero-order valence-corrected chi connectivity index (χ0v) is 9.19. The van der Waals surface area contributed by atoms with E-state index in [-0.39, 0.29) is 5.91 Å². The lowest BCUT2D eigenvalue weighted by Gasteiger charge is -2.18. The molecule has 0 radical (unpaired) electrons. The minimum absolute atomic E-state index is 0.0809. The molecule has 0 atom stereocenters. The van der Waals surface area contributed by atoms with Crippen LogP contribution in [0.1, 0.15) is 13.3 Å². The van der Waals surface area contributed by atoms with Gasteiger partial charge in [0.2, 0.25) is 0 Å². The summed E-state index contributed by atoms with van der Waals surface area (Å²) in [7, 11) is 3.07. The summed E-state index contributed by atoms with van der Waals surface area (Å²) in [6, 6.07) is 7.11. The third kappa shape index (κ3) is 2.70. The van der Waals surface area contributed by atoms with Crippen molar-refractivity contribution in [2.75, 3.05) is 19.3 Å². The van der Waals surface area contributed by atoms with Crippen molar-refractivity contribution >= 4 is 11.6 Å². The number of hydrogen-bond donors (Lipinski definition) is 0. The topological polar surface area (TPSA) is 38.8 Å². The van der Waals surface area contributed by atoms with Gasteiger partial charge in [-0.2, -0.15) is 5.06 Å². The van der Waals surface area contributed by atoms with E-state index in [9.17, 15) is 4.79 Å². The van der Waals surface area contributed by atoms with Gasteiger partial charge in [0, 0.05) is 6.42 Å². The molecule has 4 nitrogen and oxygen atoms in total. The van der Waals surface area contributed by atoms with Crippen LogP contribution in [0, 0.1) is 0 Å². The maximum atomic E-state index is 11.5. The predicted molar refractivity (Wildman–Crippen MR) is 57.8 cm³/mol. The molecule has 4 heteroatoms. The Morgan fingerprint density at radius 3 is 2.27 bits per heavy atom. The Kier molecular flexibility index (Phi) is 4.12. The summed E-state index contributed by atoms with van der Waals surface area (Å²) in [5, 5.41) is 1.26. The average molecular weight is 209 g/mol. The number of ether oxygens (including phenoxy) is 1. The van der Waals surface area contributed by atoms with E-state index < -0.39 is 0 Å². The lowest BCUT2D eigenvalue weighted by atomic mass is 10.3. The molecule has 1 amide bonds. The fraction of sp³-hybridized carbons (Fsp3) is 0.364. The molecule has 0 saturated carbocycles. The van der Waals surface area contributed by atoms with E-state index in [1.165, 1.54) is 12.2 Å². The van der Waals surface area contributed by atoms with Gasteiger partial charge in [-0.3, -0.25) is 9.63 Å². The normalized spacial score (nSPS) is 9.80. The first-order valence-corrected chi connectivity index (χ1v) is 4.74. The number of carbonyl (C=O) groups excluding carboxylic acids is 1. The third-order valence-corrected chi connectivity index (χ3v) is 2.02. The van der Waals surface area contributed by atoms with Crippen molar-refractivity contribution in [1.82, 2.24) is 0 Å². The van der Waals surface area contributed by atoms with Gasteiger partial charge >= 0.3 is 0 Å². The maximum absolute atomic E-state index is 11.5. The lowest BCUT2D eigenvalue weighted by molar-refractivity contribution is -0.124. The largest absolute Gasteiger partial charge is 0.497 e. The highest BCUT2D eigenvalue weighted by atomic mass is 16.7. The van der Waals surface area contributed by atoms with Gasteiger partial charge in [0.1, 0.15) is 5.75 Å². The highest BCUT2D eigenvalue weighted by Gasteiger charge is 2.12. The lowest BCUT2D eigenvalue weighted by Crippen LogP contribution is -2.28. The predicted octanol–water partition coefficient (Wildman–Crippen LogP) is 2.00. The van der Waals surface area contributed by atoms with Gasteiger partial charge in [-0.05, 0) is 24.3 Å². The number of benzene rings is 1. The Bertz CT molecular complexity index is 321. The number of anilines is 1. The summed E-state index contributed by atoms with van der Waals surface area (Å²) < 4.78 is 5.03. The maximum Gasteiger partial charge on any atom is 0.250 e. The molecule has 0 aliphatic carbocycles. The first-order valence-electron chi connectivity index (χ1n) is 4.74. The fourth-order valence-corrected chi connectivity index (χ4v) is 1.21. The van der Waals surface area contributed by atoms with Crippen LogP contribution in [-0.2, 0) is 9.63 Å². The molecular formula is C11H15NO3. The molecule has 0 aromatic heterocycles. The van der Waals surface area contributed by atoms with Crippen LogP contribution in [0.15, 0.2) is 24.3 Å². The number of amides is 1. The van der Waals surface area contributed by atoms with Crippen molar-refractivity contribution in [3.8, 4) is 5.75 Å². The standard InChI is InChI=1S/C11H15NO3/c1-4-11(13)12(15-3)9-5-7-10(14-2)8-6-9/h5-8H,4H2,1-3H3. The molecular weight excluding hydrogens is 194 g/mol. The van der Waals surface area contributed by atoms with Crippen LogP contribution in [0.5, 0.6) is 5.75 Å². The second-order valence-corrected chi connectivity index (χ2v) is 2.92. The first kappa shape index (κ1) is 11.5. The molecule has 0 aliphatic heterocycles. The van der Waals surface area contributed by atoms with Crippen LogP contribution < -0.4 is 9.80 Å². The molecule has 1 rings (SSSR count). The van der Waals surface area contributed by atoms with Gasteiger partial charge in [-0.15, -0.1) is 0 Å². The Balaban J connectivity index is 2.87. The SMILES string of the molecule is CCC(=O)N(OC)c1ccc(OC)cc1. The van der Waals surface area contributed by atoms with Gasteiger partial charge in [0.15, 0.2) is 0 Å². The van der Waals surface area contributed by atoms with Crippen LogP contribution >= 0.6 is 0 Å². The Hall–Kier alpha value is -1.55. The summed E-state index contributed by atoms with van der Waals surface area (Å²) in [5.41, 5.74) is 0.699. The Labute approximate surface area is 89.4 Å². The number of nitrogens with zero attached hydrogens (tertiary/aromatic N) is 1. The van der Waals surface area contributed by atoms with Crippen molar-refractivity contribution in [2.24, 2.45) is 0 Å². The minimum atomic E-state index is -0.0809. The van der Waals surface area contributed by atoms with Crippen LogP contribution in [0.4, 0.5) is 5.69 Å². The number of hydrogen-bond acceptors (Lipinski definition) is 3. The number of rotatable bonds is 4. The van der Waals surface area contributed by atoms with Gasteiger partial charge in [0.25, 0.3) is 5.91 Å². The van der Waals surface area contributed by atoms with Crippen molar-refractivity contribution in [3.63, 3.8) is 0 Å². The Morgan fingerprint density at radius 1 is 1.27 bits per heavy atom. The molecule has 0 saturated heterocycles. The molecule has 0 bridgehead atoms. The van der Waals surface area contributed by atoms with Gasteiger partial charge in [0.05, 0.1) is 19.9 Å². The zero-order chi connectivity index (χ0) is 11.3. The number of hydroxylamine groups is 1. The van der Waals surface area contributed by atoms with E-state index in [0.29, 0.717) is 12.1 Å². The van der Waals surface area contributed by atoms with E-state index in [4.69, 9.17) is 9.57 Å². The average Bonchev–Trinajstić information content (AvgIpc) is 2.30. The van der Waals surface area contributed by atoms with E-state index in [2.05, 4.69) is 0 Å². The zero-order valence-electron chi connectivity index (χ0n) is 9.19. The smallest absolute Gasteiger partial charge is 0.250 e. The van der Waals surface area contributed by atoms with E-state index in [1.54, 1.807) is 38.3 Å². The van der Waals surface area contributed by atoms with Crippen LogP contribution in [0.25, 0.3) is 0 Å². The minimum Gasteiger partial charge on any atom is -0.497 e. The first-order chi connectivity index (χ1) is 7.22. The van der Waals surface area contributed by atoms with Gasteiger partial charge < -0.3 is 4.74 Å². The summed E-state index contributed by atoms with van der Waals surface area (Å²) in [4.78, 5) is 16.5. The fourth-order valence-electron chi connectivity index (χ4n) is 1.21. The summed E-state index contributed by atoms with van der Waals surface area (Å²) >= 11 is 0. The van der Waals surface area contributed by atoms with Gasteiger partial charge in [-0.1, -0.05) is 6.92 Å². The molecule has 0 unspecified atom stereocenters. The number of methoxy groups -OCH3 is 1. The number of carbonyl (C=O) groups is 1. The van der Waals surface area contributed by atoms with Crippen molar-refractivity contribution < 1.29 is 14.4 Å². The molecule has 0 fully saturated rings. The van der Waals surface area contributed by atoms with Crippen LogP contribution in [0.3, 0.4) is 0 Å². The van der Waals surface area contributed by atoms with E-state index in [1.807, 2.05) is 0 Å². The van der Waals surface area contributed by atoms with Crippen molar-refractivity contribution in [1.29, 1.82) is 0 Å². The second-order valence-electron chi connectivity index (χ2n) is 2.92. The highest BCUT2D eigenvalue weighted by molar-refractivity contribution is 5.91. The van der Waals surface area contributed by atoms with Gasteiger partial charge in [-0.25, -0.2) is 0 Å². The quantitative estimate of drug-likeness (QED) is 0.712.